The summed E-state index contributed by atoms with van der Waals surface area (Å²) in [5, 5.41) is 5.75. The molecular weight excluding hydrogens is 340 g/mol. The third kappa shape index (κ3) is 3.79. The summed E-state index contributed by atoms with van der Waals surface area (Å²) >= 11 is 0. The second-order valence-electron chi connectivity index (χ2n) is 6.90. The van der Waals surface area contributed by atoms with Gasteiger partial charge in [0.2, 0.25) is 5.91 Å². The molecule has 0 unspecified atom stereocenters. The van der Waals surface area contributed by atoms with Gasteiger partial charge in [0, 0.05) is 22.9 Å². The fraction of sp³-hybridized carbons (Fsp3) is 0.238. The van der Waals surface area contributed by atoms with Gasteiger partial charge in [-0.05, 0) is 63.1 Å². The molecule has 0 radical (unpaired) electrons. The number of carbonyl (C=O) groups is 2. The van der Waals surface area contributed by atoms with Crippen molar-refractivity contribution in [2.45, 2.75) is 26.7 Å². The number of nitrogens with one attached hydrogen (secondary N) is 2. The Labute approximate surface area is 157 Å². The Balaban J connectivity index is 1.52. The van der Waals surface area contributed by atoms with Crippen LogP contribution in [-0.4, -0.2) is 21.8 Å². The van der Waals surface area contributed by atoms with Gasteiger partial charge >= 0.3 is 0 Å². The maximum atomic E-state index is 12.6. The first kappa shape index (κ1) is 17.1. The molecule has 1 heterocycles. The maximum Gasteiger partial charge on any atom is 0.255 e. The zero-order valence-corrected chi connectivity index (χ0v) is 15.2. The van der Waals surface area contributed by atoms with Crippen molar-refractivity contribution >= 4 is 34.2 Å². The Morgan fingerprint density at radius 2 is 1.56 bits per heavy atom. The normalized spacial score (nSPS) is 13.4. The Morgan fingerprint density at radius 1 is 0.889 bits per heavy atom. The van der Waals surface area contributed by atoms with E-state index in [-0.39, 0.29) is 17.7 Å². The highest BCUT2D eigenvalue weighted by Crippen LogP contribution is 2.30. The van der Waals surface area contributed by atoms with E-state index in [4.69, 9.17) is 0 Å². The van der Waals surface area contributed by atoms with E-state index in [1.54, 1.807) is 36.4 Å². The topological polar surface area (TPSA) is 84.0 Å². The van der Waals surface area contributed by atoms with Gasteiger partial charge in [-0.3, -0.25) is 9.59 Å². The number of hydrogen-bond donors (Lipinski definition) is 2. The van der Waals surface area contributed by atoms with Crippen molar-refractivity contribution in [3.8, 4) is 0 Å². The predicted octanol–water partition coefficient (Wildman–Crippen LogP) is 3.85. The van der Waals surface area contributed by atoms with Crippen LogP contribution in [0.3, 0.4) is 0 Å². The van der Waals surface area contributed by atoms with Gasteiger partial charge in [0.15, 0.2) is 0 Å². The summed E-state index contributed by atoms with van der Waals surface area (Å²) in [7, 11) is 0. The van der Waals surface area contributed by atoms with Crippen molar-refractivity contribution in [2.75, 3.05) is 10.6 Å². The van der Waals surface area contributed by atoms with Gasteiger partial charge in [-0.2, -0.15) is 0 Å². The first-order valence-corrected chi connectivity index (χ1v) is 8.97. The number of benzene rings is 2. The fourth-order valence-electron chi connectivity index (χ4n) is 2.84. The highest BCUT2D eigenvalue weighted by Gasteiger charge is 2.29. The van der Waals surface area contributed by atoms with E-state index in [2.05, 4.69) is 20.6 Å². The van der Waals surface area contributed by atoms with Crippen molar-refractivity contribution in [3.05, 3.63) is 59.4 Å². The molecule has 2 amide bonds. The minimum absolute atomic E-state index is 0.0391. The summed E-state index contributed by atoms with van der Waals surface area (Å²) < 4.78 is 0. The van der Waals surface area contributed by atoms with E-state index < -0.39 is 0 Å². The largest absolute Gasteiger partial charge is 0.326 e. The molecule has 1 saturated carbocycles. The van der Waals surface area contributed by atoms with Crippen LogP contribution in [0, 0.1) is 19.8 Å². The van der Waals surface area contributed by atoms with Crippen molar-refractivity contribution in [1.82, 2.24) is 9.97 Å². The number of rotatable bonds is 4. The van der Waals surface area contributed by atoms with Gasteiger partial charge in [0.1, 0.15) is 0 Å². The summed E-state index contributed by atoms with van der Waals surface area (Å²) in [5.41, 5.74) is 4.99. The van der Waals surface area contributed by atoms with Gasteiger partial charge < -0.3 is 10.6 Å². The second kappa shape index (κ2) is 6.79. The molecule has 2 N–H and O–H groups in total. The first-order chi connectivity index (χ1) is 13.0. The quantitative estimate of drug-likeness (QED) is 0.740. The van der Waals surface area contributed by atoms with Gasteiger partial charge in [-0.25, -0.2) is 9.97 Å². The lowest BCUT2D eigenvalue weighted by Gasteiger charge is -2.09. The third-order valence-corrected chi connectivity index (χ3v) is 4.67. The lowest BCUT2D eigenvalue weighted by molar-refractivity contribution is -0.117. The van der Waals surface area contributed by atoms with Crippen molar-refractivity contribution < 1.29 is 9.59 Å². The summed E-state index contributed by atoms with van der Waals surface area (Å²) in [6.07, 6.45) is 1.90. The van der Waals surface area contributed by atoms with Crippen LogP contribution in [0.4, 0.5) is 11.4 Å². The summed E-state index contributed by atoms with van der Waals surface area (Å²) in [6, 6.07) is 12.4. The molecular formula is C21H20N4O2. The highest BCUT2D eigenvalue weighted by atomic mass is 16.2. The second-order valence-corrected chi connectivity index (χ2v) is 6.90. The SMILES string of the molecule is Cc1nc2ccc(C(=O)Nc3cccc(NC(=O)C4CC4)c3)cc2nc1C. The monoisotopic (exact) mass is 360 g/mol. The summed E-state index contributed by atoms with van der Waals surface area (Å²) in [6.45, 7) is 3.81. The van der Waals surface area contributed by atoms with E-state index in [1.807, 2.05) is 19.9 Å². The van der Waals surface area contributed by atoms with E-state index in [1.165, 1.54) is 0 Å². The van der Waals surface area contributed by atoms with E-state index in [0.29, 0.717) is 22.5 Å². The minimum atomic E-state index is -0.234. The Morgan fingerprint density at radius 3 is 2.26 bits per heavy atom. The lowest BCUT2D eigenvalue weighted by atomic mass is 10.1. The van der Waals surface area contributed by atoms with E-state index in [0.717, 1.165) is 29.7 Å². The van der Waals surface area contributed by atoms with Gasteiger partial charge in [0.05, 0.1) is 22.4 Å². The average molecular weight is 360 g/mol. The number of nitrogens with zero attached hydrogens (tertiary/aromatic N) is 2. The fourth-order valence-corrected chi connectivity index (χ4v) is 2.84. The summed E-state index contributed by atoms with van der Waals surface area (Å²) in [5.74, 6) is -0.0612. The van der Waals surface area contributed by atoms with Crippen LogP contribution in [0.15, 0.2) is 42.5 Å². The molecule has 0 aliphatic heterocycles. The zero-order valence-electron chi connectivity index (χ0n) is 15.2. The van der Waals surface area contributed by atoms with E-state index >= 15 is 0 Å². The molecule has 6 heteroatoms. The maximum absolute atomic E-state index is 12.6. The number of fused-ring (bicyclic) bond motifs is 1. The Kier molecular flexibility index (Phi) is 4.32. The molecule has 0 bridgehead atoms. The van der Waals surface area contributed by atoms with Crippen molar-refractivity contribution in [1.29, 1.82) is 0 Å². The molecule has 136 valence electrons. The standard InChI is InChI=1S/C21H20N4O2/c1-12-13(2)23-19-10-15(8-9-18(19)22-12)21(27)25-17-5-3-4-16(11-17)24-20(26)14-6-7-14/h3-5,8-11,14H,6-7H2,1-2H3,(H,24,26)(H,25,27). The lowest BCUT2D eigenvalue weighted by Crippen LogP contribution is -2.14. The molecule has 27 heavy (non-hydrogen) atoms. The number of aromatic nitrogens is 2. The van der Waals surface area contributed by atoms with Crippen LogP contribution >= 0.6 is 0 Å². The molecule has 0 saturated heterocycles. The van der Waals surface area contributed by atoms with Gasteiger partial charge in [0.25, 0.3) is 5.91 Å². The third-order valence-electron chi connectivity index (χ3n) is 4.67. The van der Waals surface area contributed by atoms with Crippen molar-refractivity contribution in [3.63, 3.8) is 0 Å². The molecule has 1 aliphatic rings. The zero-order chi connectivity index (χ0) is 19.0. The highest BCUT2D eigenvalue weighted by molar-refractivity contribution is 6.06. The number of hydrogen-bond acceptors (Lipinski definition) is 4. The van der Waals surface area contributed by atoms with Crippen LogP contribution in [0.2, 0.25) is 0 Å². The van der Waals surface area contributed by atoms with Crippen LogP contribution in [0.5, 0.6) is 0 Å². The predicted molar refractivity (Wildman–Crippen MR) is 105 cm³/mol. The first-order valence-electron chi connectivity index (χ1n) is 8.97. The molecule has 1 aliphatic carbocycles. The molecule has 2 aromatic carbocycles. The molecule has 0 spiro atoms. The number of carbonyl (C=O) groups excluding carboxylic acids is 2. The molecule has 3 aromatic rings. The number of amides is 2. The molecule has 1 fully saturated rings. The summed E-state index contributed by atoms with van der Waals surface area (Å²) in [4.78, 5) is 33.5. The molecule has 6 nitrogen and oxygen atoms in total. The number of anilines is 2. The Hall–Kier alpha value is -3.28. The number of aryl methyl sites for hydroxylation is 2. The minimum Gasteiger partial charge on any atom is -0.326 e. The van der Waals surface area contributed by atoms with Crippen molar-refractivity contribution in [2.24, 2.45) is 5.92 Å². The van der Waals surface area contributed by atoms with Crippen LogP contribution < -0.4 is 10.6 Å². The van der Waals surface area contributed by atoms with Gasteiger partial charge in [-0.1, -0.05) is 6.07 Å². The van der Waals surface area contributed by atoms with Crippen LogP contribution in [0.1, 0.15) is 34.6 Å². The smallest absolute Gasteiger partial charge is 0.255 e. The molecule has 4 rings (SSSR count). The van der Waals surface area contributed by atoms with Crippen LogP contribution in [-0.2, 0) is 4.79 Å². The van der Waals surface area contributed by atoms with E-state index in [9.17, 15) is 9.59 Å². The average Bonchev–Trinajstić information content (AvgIpc) is 3.48. The Bertz CT molecular complexity index is 1060. The van der Waals surface area contributed by atoms with Gasteiger partial charge in [-0.15, -0.1) is 0 Å². The molecule has 1 aromatic heterocycles. The molecule has 0 atom stereocenters. The van der Waals surface area contributed by atoms with Crippen LogP contribution in [0.25, 0.3) is 11.0 Å².